The predicted octanol–water partition coefficient (Wildman–Crippen LogP) is 5.28. The van der Waals surface area contributed by atoms with Gasteiger partial charge in [0.1, 0.15) is 5.01 Å². The molecule has 4 rings (SSSR count). The Morgan fingerprint density at radius 2 is 1.78 bits per heavy atom. The van der Waals surface area contributed by atoms with Gasteiger partial charge in [0.25, 0.3) is 5.91 Å². The van der Waals surface area contributed by atoms with Crippen LogP contribution in [0.1, 0.15) is 37.1 Å². The van der Waals surface area contributed by atoms with Gasteiger partial charge < -0.3 is 10.6 Å². The van der Waals surface area contributed by atoms with E-state index in [-0.39, 0.29) is 5.91 Å². The monoisotopic (exact) mass is 482 g/mol. The standard InChI is InChI=1S/C22H22N6OS3/c1-13-7-9-16(10-8-13)11-23-19(29)20-26-25-18(31-20)12-30-22-28-27-21(32-22)24-17-6-4-5-14(2)15(17)3/h4-10H,11-12H2,1-3H3,(H,23,29)(H,24,27). The maximum absolute atomic E-state index is 12.4. The fourth-order valence-corrected chi connectivity index (χ4v) is 5.32. The second-order valence-electron chi connectivity index (χ2n) is 7.20. The second kappa shape index (κ2) is 10.2. The number of thioether (sulfide) groups is 1. The molecule has 2 heterocycles. The Hall–Kier alpha value is -2.82. The van der Waals surface area contributed by atoms with Gasteiger partial charge in [0.15, 0.2) is 4.34 Å². The van der Waals surface area contributed by atoms with Crippen LogP contribution in [0.25, 0.3) is 0 Å². The van der Waals surface area contributed by atoms with Crippen molar-refractivity contribution in [1.29, 1.82) is 0 Å². The van der Waals surface area contributed by atoms with Crippen molar-refractivity contribution in [2.24, 2.45) is 0 Å². The Kier molecular flexibility index (Phi) is 7.13. The van der Waals surface area contributed by atoms with Crippen LogP contribution in [0.4, 0.5) is 10.8 Å². The molecule has 0 spiro atoms. The molecule has 0 aliphatic rings. The van der Waals surface area contributed by atoms with E-state index in [9.17, 15) is 4.79 Å². The Morgan fingerprint density at radius 1 is 0.969 bits per heavy atom. The van der Waals surface area contributed by atoms with Gasteiger partial charge in [0, 0.05) is 12.2 Å². The number of benzene rings is 2. The van der Waals surface area contributed by atoms with Gasteiger partial charge in [-0.25, -0.2) is 0 Å². The number of anilines is 2. The van der Waals surface area contributed by atoms with Crippen LogP contribution in [0.15, 0.2) is 46.8 Å². The highest BCUT2D eigenvalue weighted by atomic mass is 32.2. The van der Waals surface area contributed by atoms with Crippen LogP contribution < -0.4 is 10.6 Å². The van der Waals surface area contributed by atoms with E-state index in [1.807, 2.05) is 43.3 Å². The van der Waals surface area contributed by atoms with Crippen molar-refractivity contribution in [2.45, 2.75) is 37.4 Å². The molecule has 0 aliphatic carbocycles. The number of hydrogen-bond acceptors (Lipinski definition) is 9. The smallest absolute Gasteiger partial charge is 0.282 e. The van der Waals surface area contributed by atoms with E-state index in [2.05, 4.69) is 50.9 Å². The van der Waals surface area contributed by atoms with E-state index in [1.54, 1.807) is 0 Å². The molecular formula is C22H22N6OS3. The van der Waals surface area contributed by atoms with Crippen LogP contribution in [0.2, 0.25) is 0 Å². The lowest BCUT2D eigenvalue weighted by Crippen LogP contribution is -2.22. The van der Waals surface area contributed by atoms with Gasteiger partial charge in [-0.05, 0) is 43.5 Å². The average Bonchev–Trinajstić information content (AvgIpc) is 3.44. The number of hydrogen-bond donors (Lipinski definition) is 2. The molecule has 164 valence electrons. The molecular weight excluding hydrogens is 460 g/mol. The molecule has 0 fully saturated rings. The number of aromatic nitrogens is 4. The van der Waals surface area contributed by atoms with Crippen LogP contribution in [0, 0.1) is 20.8 Å². The molecule has 2 aromatic heterocycles. The zero-order valence-electron chi connectivity index (χ0n) is 17.9. The first kappa shape index (κ1) is 22.4. The summed E-state index contributed by atoms with van der Waals surface area (Å²) in [6.07, 6.45) is 0. The van der Waals surface area contributed by atoms with Crippen LogP contribution in [-0.4, -0.2) is 26.3 Å². The molecule has 2 aromatic carbocycles. The molecule has 0 radical (unpaired) electrons. The topological polar surface area (TPSA) is 92.7 Å². The van der Waals surface area contributed by atoms with Gasteiger partial charge in [0.05, 0.1) is 5.75 Å². The summed E-state index contributed by atoms with van der Waals surface area (Å²) in [7, 11) is 0. The molecule has 4 aromatic rings. The number of nitrogens with zero attached hydrogens (tertiary/aromatic N) is 4. The fraction of sp³-hybridized carbons (Fsp3) is 0.227. The Bertz CT molecular complexity index is 1220. The summed E-state index contributed by atoms with van der Waals surface area (Å²) in [5.41, 5.74) is 5.69. The minimum Gasteiger partial charge on any atom is -0.346 e. The summed E-state index contributed by atoms with van der Waals surface area (Å²) in [6, 6.07) is 14.2. The lowest BCUT2D eigenvalue weighted by Gasteiger charge is -2.08. The first-order chi connectivity index (χ1) is 15.5. The summed E-state index contributed by atoms with van der Waals surface area (Å²) in [6.45, 7) is 6.66. The third kappa shape index (κ3) is 5.70. The van der Waals surface area contributed by atoms with Crippen LogP contribution in [0.5, 0.6) is 0 Å². The van der Waals surface area contributed by atoms with E-state index >= 15 is 0 Å². The molecule has 0 atom stereocenters. The van der Waals surface area contributed by atoms with Crippen molar-refractivity contribution in [3.05, 3.63) is 74.7 Å². The average molecular weight is 483 g/mol. The highest BCUT2D eigenvalue weighted by molar-refractivity contribution is 8.00. The molecule has 0 aliphatic heterocycles. The SMILES string of the molecule is Cc1ccc(CNC(=O)c2nnc(CSc3nnc(Nc4cccc(C)c4C)s3)s2)cc1. The Balaban J connectivity index is 1.29. The Morgan fingerprint density at radius 3 is 2.59 bits per heavy atom. The maximum Gasteiger partial charge on any atom is 0.282 e. The molecule has 1 amide bonds. The van der Waals surface area contributed by atoms with Crippen LogP contribution in [0.3, 0.4) is 0 Å². The summed E-state index contributed by atoms with van der Waals surface area (Å²) in [5.74, 6) is 0.372. The van der Waals surface area contributed by atoms with Gasteiger partial charge in [-0.3, -0.25) is 4.79 Å². The number of aryl methyl sites for hydroxylation is 2. The van der Waals surface area contributed by atoms with E-state index in [0.29, 0.717) is 17.3 Å². The summed E-state index contributed by atoms with van der Waals surface area (Å²) >= 11 is 4.31. The van der Waals surface area contributed by atoms with Crippen molar-refractivity contribution < 1.29 is 4.79 Å². The van der Waals surface area contributed by atoms with E-state index < -0.39 is 0 Å². The zero-order valence-corrected chi connectivity index (χ0v) is 20.3. The normalized spacial score (nSPS) is 10.8. The van der Waals surface area contributed by atoms with Gasteiger partial charge in [-0.15, -0.1) is 20.4 Å². The lowest BCUT2D eigenvalue weighted by molar-refractivity contribution is 0.0950. The highest BCUT2D eigenvalue weighted by Crippen LogP contribution is 2.31. The van der Waals surface area contributed by atoms with Crippen molar-refractivity contribution in [3.8, 4) is 0 Å². The van der Waals surface area contributed by atoms with Crippen molar-refractivity contribution in [1.82, 2.24) is 25.7 Å². The minimum atomic E-state index is -0.213. The van der Waals surface area contributed by atoms with E-state index in [4.69, 9.17) is 0 Å². The zero-order chi connectivity index (χ0) is 22.5. The quantitative estimate of drug-likeness (QED) is 0.330. The van der Waals surface area contributed by atoms with Gasteiger partial charge >= 0.3 is 0 Å². The van der Waals surface area contributed by atoms with Gasteiger partial charge in [-0.2, -0.15) is 0 Å². The van der Waals surface area contributed by atoms with Crippen molar-refractivity contribution in [2.75, 3.05) is 5.32 Å². The van der Waals surface area contributed by atoms with Crippen LogP contribution in [-0.2, 0) is 12.3 Å². The first-order valence-electron chi connectivity index (χ1n) is 9.93. The molecule has 32 heavy (non-hydrogen) atoms. The summed E-state index contributed by atoms with van der Waals surface area (Å²) in [5, 5.41) is 24.7. The molecule has 0 saturated heterocycles. The molecule has 0 bridgehead atoms. The Labute approximate surface area is 198 Å². The third-order valence-corrected chi connectivity index (χ3v) is 7.89. The van der Waals surface area contributed by atoms with E-state index in [1.165, 1.54) is 51.1 Å². The predicted molar refractivity (Wildman–Crippen MR) is 131 cm³/mol. The number of rotatable bonds is 8. The van der Waals surface area contributed by atoms with Crippen LogP contribution >= 0.6 is 34.4 Å². The minimum absolute atomic E-state index is 0.213. The fourth-order valence-electron chi connectivity index (χ4n) is 2.81. The molecule has 2 N–H and O–H groups in total. The molecule has 10 heteroatoms. The summed E-state index contributed by atoms with van der Waals surface area (Å²) < 4.78 is 0.832. The second-order valence-corrected chi connectivity index (χ2v) is 10.5. The maximum atomic E-state index is 12.4. The van der Waals surface area contributed by atoms with Crippen molar-refractivity contribution >= 4 is 51.2 Å². The van der Waals surface area contributed by atoms with Gasteiger partial charge in [-0.1, -0.05) is 76.4 Å². The van der Waals surface area contributed by atoms with E-state index in [0.717, 1.165) is 25.7 Å². The lowest BCUT2D eigenvalue weighted by atomic mass is 10.1. The molecule has 0 saturated carbocycles. The molecule has 7 nitrogen and oxygen atoms in total. The number of amides is 1. The third-order valence-electron chi connectivity index (χ3n) is 4.81. The number of carbonyl (C=O) groups is 1. The molecule has 0 unspecified atom stereocenters. The summed E-state index contributed by atoms with van der Waals surface area (Å²) in [4.78, 5) is 12.4. The van der Waals surface area contributed by atoms with Crippen molar-refractivity contribution in [3.63, 3.8) is 0 Å². The largest absolute Gasteiger partial charge is 0.346 e. The first-order valence-corrected chi connectivity index (χ1v) is 12.6. The number of carbonyl (C=O) groups excluding carboxylic acids is 1. The van der Waals surface area contributed by atoms with Gasteiger partial charge in [0.2, 0.25) is 10.1 Å². The highest BCUT2D eigenvalue weighted by Gasteiger charge is 2.14. The number of nitrogens with one attached hydrogen (secondary N) is 2.